The van der Waals surface area contributed by atoms with Gasteiger partial charge in [0.1, 0.15) is 6.61 Å². The van der Waals surface area contributed by atoms with E-state index in [1.807, 2.05) is 0 Å². The molecule has 4 rings (SSSR count). The van der Waals surface area contributed by atoms with Crippen LogP contribution in [0.1, 0.15) is 36.6 Å². The molecular formula is C22H23F2N3O5S. The van der Waals surface area contributed by atoms with Crippen LogP contribution in [0.4, 0.5) is 8.78 Å². The summed E-state index contributed by atoms with van der Waals surface area (Å²) < 4.78 is 66.1. The number of sulfonamides is 1. The fraction of sp³-hybridized carbons (Fsp3) is 0.364. The Balaban J connectivity index is 1.53. The van der Waals surface area contributed by atoms with Gasteiger partial charge in [-0.15, -0.1) is 0 Å². The molecule has 11 heteroatoms. The third kappa shape index (κ3) is 4.75. The summed E-state index contributed by atoms with van der Waals surface area (Å²) >= 11 is 0. The summed E-state index contributed by atoms with van der Waals surface area (Å²) in [6.45, 7) is 0.624. The number of rotatable bonds is 6. The monoisotopic (exact) mass is 479 g/mol. The molecule has 0 bridgehead atoms. The molecule has 2 unspecified atom stereocenters. The molecule has 176 valence electrons. The molecule has 1 saturated heterocycles. The minimum Gasteiger partial charge on any atom is -0.454 e. The maximum absolute atomic E-state index is 13.6. The topological polar surface area (TPSA) is 90.7 Å². The van der Waals surface area contributed by atoms with E-state index < -0.39 is 29.1 Å². The van der Waals surface area contributed by atoms with Gasteiger partial charge in [-0.1, -0.05) is 18.2 Å². The van der Waals surface area contributed by atoms with Crippen molar-refractivity contribution >= 4 is 27.0 Å². The van der Waals surface area contributed by atoms with E-state index in [9.17, 15) is 22.0 Å². The van der Waals surface area contributed by atoms with E-state index in [1.165, 1.54) is 34.6 Å². The molecule has 1 aliphatic heterocycles. The van der Waals surface area contributed by atoms with Crippen LogP contribution < -0.4 is 0 Å². The Morgan fingerprint density at radius 3 is 2.55 bits per heavy atom. The van der Waals surface area contributed by atoms with Crippen LogP contribution in [0.5, 0.6) is 0 Å². The number of halogens is 2. The van der Waals surface area contributed by atoms with Crippen LogP contribution in [0.2, 0.25) is 0 Å². The van der Waals surface area contributed by atoms with Gasteiger partial charge in [0.25, 0.3) is 0 Å². The van der Waals surface area contributed by atoms with Gasteiger partial charge in [-0.2, -0.15) is 13.1 Å². The van der Waals surface area contributed by atoms with E-state index in [0.29, 0.717) is 10.1 Å². The molecule has 2 atom stereocenters. The number of imidazole rings is 1. The van der Waals surface area contributed by atoms with Gasteiger partial charge in [-0.25, -0.2) is 18.2 Å². The Bertz CT molecular complexity index is 1270. The van der Waals surface area contributed by atoms with Gasteiger partial charge in [-0.3, -0.25) is 4.57 Å². The van der Waals surface area contributed by atoms with Gasteiger partial charge in [0, 0.05) is 13.1 Å². The third-order valence-corrected chi connectivity index (χ3v) is 7.12. The van der Waals surface area contributed by atoms with Crippen molar-refractivity contribution in [3.8, 4) is 0 Å². The highest BCUT2D eigenvalue weighted by Crippen LogP contribution is 2.25. The number of hydrogen-bond acceptors (Lipinski definition) is 6. The van der Waals surface area contributed by atoms with E-state index in [1.54, 1.807) is 32.0 Å². The molecule has 1 aromatic heterocycles. The fourth-order valence-corrected chi connectivity index (χ4v) is 5.52. The molecule has 2 heterocycles. The minimum absolute atomic E-state index is 0.00913. The highest BCUT2D eigenvalue weighted by atomic mass is 32.2. The van der Waals surface area contributed by atoms with Gasteiger partial charge in [0.2, 0.25) is 10.0 Å². The lowest BCUT2D eigenvalue weighted by Crippen LogP contribution is -2.48. The number of carbonyl (C=O) groups excluding carboxylic acids is 1. The zero-order chi connectivity index (χ0) is 23.8. The van der Waals surface area contributed by atoms with Crippen molar-refractivity contribution in [2.75, 3.05) is 13.1 Å². The van der Waals surface area contributed by atoms with Crippen molar-refractivity contribution in [2.45, 2.75) is 44.1 Å². The van der Waals surface area contributed by atoms with Gasteiger partial charge < -0.3 is 9.47 Å². The van der Waals surface area contributed by atoms with Gasteiger partial charge >= 0.3 is 12.5 Å². The molecular weight excluding hydrogens is 456 g/mol. The van der Waals surface area contributed by atoms with Gasteiger partial charge in [0.15, 0.2) is 5.82 Å². The SMILES string of the molecule is CC1CN(S(=O)(=O)c2cccc(C(=O)OCc3nc4ccccc4n3C(F)F)c2)CC(C)O1. The Labute approximate surface area is 189 Å². The number of morpholine rings is 1. The second-order valence-electron chi connectivity index (χ2n) is 7.85. The molecule has 0 spiro atoms. The first-order valence-corrected chi connectivity index (χ1v) is 11.8. The first-order chi connectivity index (χ1) is 15.7. The molecule has 0 N–H and O–H groups in total. The lowest BCUT2D eigenvalue weighted by molar-refractivity contribution is -0.0440. The zero-order valence-electron chi connectivity index (χ0n) is 18.0. The average molecular weight is 480 g/mol. The summed E-state index contributed by atoms with van der Waals surface area (Å²) in [5, 5.41) is 0. The number of para-hydroxylation sites is 2. The summed E-state index contributed by atoms with van der Waals surface area (Å²) in [7, 11) is -3.86. The molecule has 0 saturated carbocycles. The Morgan fingerprint density at radius 1 is 1.15 bits per heavy atom. The highest BCUT2D eigenvalue weighted by Gasteiger charge is 2.32. The van der Waals surface area contributed by atoms with Crippen LogP contribution >= 0.6 is 0 Å². The van der Waals surface area contributed by atoms with Crippen molar-refractivity contribution in [3.63, 3.8) is 0 Å². The number of nitrogens with zero attached hydrogens (tertiary/aromatic N) is 3. The van der Waals surface area contributed by atoms with E-state index in [4.69, 9.17) is 9.47 Å². The van der Waals surface area contributed by atoms with Crippen molar-refractivity contribution in [1.29, 1.82) is 0 Å². The summed E-state index contributed by atoms with van der Waals surface area (Å²) in [5.41, 5.74) is 0.566. The van der Waals surface area contributed by atoms with Crippen LogP contribution in [0.3, 0.4) is 0 Å². The Hall–Kier alpha value is -2.89. The summed E-state index contributed by atoms with van der Waals surface area (Å²) in [5.74, 6) is -0.955. The van der Waals surface area contributed by atoms with Crippen LogP contribution in [0, 0.1) is 0 Å². The van der Waals surface area contributed by atoms with Gasteiger partial charge in [0.05, 0.1) is 33.7 Å². The first kappa shape index (κ1) is 23.3. The number of carbonyl (C=O) groups is 1. The molecule has 0 radical (unpaired) electrons. The number of alkyl halides is 2. The lowest BCUT2D eigenvalue weighted by atomic mass is 10.2. The molecule has 1 fully saturated rings. The quantitative estimate of drug-likeness (QED) is 0.502. The standard InChI is InChI=1S/C22H23F2N3O5S/c1-14-11-26(12-15(2)32-14)33(29,30)17-7-5-6-16(10-17)21(28)31-13-20-25-18-8-3-4-9-19(18)27(20)22(23)24/h3-10,14-15,22H,11-13H2,1-2H3. The minimum atomic E-state index is -3.86. The second kappa shape index (κ2) is 9.16. The average Bonchev–Trinajstić information content (AvgIpc) is 3.15. The summed E-state index contributed by atoms with van der Waals surface area (Å²) in [6.07, 6.45) is -0.517. The number of ether oxygens (including phenoxy) is 2. The maximum atomic E-state index is 13.6. The van der Waals surface area contributed by atoms with Crippen LogP contribution in [0.25, 0.3) is 11.0 Å². The van der Waals surface area contributed by atoms with E-state index in [-0.39, 0.29) is 47.1 Å². The summed E-state index contributed by atoms with van der Waals surface area (Å²) in [4.78, 5) is 16.7. The maximum Gasteiger partial charge on any atom is 0.338 e. The normalized spacial score (nSPS) is 19.8. The number of hydrogen-bond donors (Lipinski definition) is 0. The predicted molar refractivity (Wildman–Crippen MR) is 115 cm³/mol. The molecule has 0 aliphatic carbocycles. The molecule has 2 aromatic carbocycles. The highest BCUT2D eigenvalue weighted by molar-refractivity contribution is 7.89. The number of esters is 1. The van der Waals surface area contributed by atoms with Crippen LogP contribution in [0.15, 0.2) is 53.4 Å². The molecule has 0 amide bonds. The number of benzene rings is 2. The first-order valence-electron chi connectivity index (χ1n) is 10.3. The molecule has 3 aromatic rings. The molecule has 33 heavy (non-hydrogen) atoms. The molecule has 1 aliphatic rings. The van der Waals surface area contributed by atoms with Gasteiger partial charge in [-0.05, 0) is 44.2 Å². The third-order valence-electron chi connectivity index (χ3n) is 5.29. The van der Waals surface area contributed by atoms with E-state index in [2.05, 4.69) is 4.98 Å². The Kier molecular flexibility index (Phi) is 6.46. The Morgan fingerprint density at radius 2 is 1.85 bits per heavy atom. The van der Waals surface area contributed by atoms with E-state index in [0.717, 1.165) is 0 Å². The largest absolute Gasteiger partial charge is 0.454 e. The zero-order valence-corrected chi connectivity index (χ0v) is 18.8. The van der Waals surface area contributed by atoms with Crippen molar-refractivity contribution in [2.24, 2.45) is 0 Å². The number of fused-ring (bicyclic) bond motifs is 1. The lowest BCUT2D eigenvalue weighted by Gasteiger charge is -2.34. The van der Waals surface area contributed by atoms with Crippen LogP contribution in [-0.4, -0.2) is 53.5 Å². The second-order valence-corrected chi connectivity index (χ2v) is 9.79. The van der Waals surface area contributed by atoms with Crippen molar-refractivity contribution in [1.82, 2.24) is 13.9 Å². The smallest absolute Gasteiger partial charge is 0.338 e. The number of aromatic nitrogens is 2. The fourth-order valence-electron chi connectivity index (χ4n) is 3.89. The van der Waals surface area contributed by atoms with Crippen molar-refractivity contribution < 1.29 is 31.5 Å². The van der Waals surface area contributed by atoms with Crippen LogP contribution in [-0.2, 0) is 26.1 Å². The predicted octanol–water partition coefficient (Wildman–Crippen LogP) is 3.59. The van der Waals surface area contributed by atoms with Crippen molar-refractivity contribution in [3.05, 3.63) is 59.9 Å². The molecule has 8 nitrogen and oxygen atoms in total. The summed E-state index contributed by atoms with van der Waals surface area (Å²) in [6, 6.07) is 11.8. The van der Waals surface area contributed by atoms with E-state index >= 15 is 0 Å².